The van der Waals surface area contributed by atoms with Gasteiger partial charge in [-0.2, -0.15) is 0 Å². The van der Waals surface area contributed by atoms with E-state index in [0.29, 0.717) is 17.8 Å². The lowest BCUT2D eigenvalue weighted by atomic mass is 10.2. The fraction of sp³-hybridized carbons (Fsp3) is 0.150. The van der Waals surface area contributed by atoms with E-state index in [-0.39, 0.29) is 17.0 Å². The van der Waals surface area contributed by atoms with Crippen molar-refractivity contribution in [2.45, 2.75) is 11.3 Å². The SMILES string of the molecule is CS(=O)(=O)Nc1cccc(NC(=O)c2ccc(S(=O)(=O)NCCc3cccs3)cc2)c1. The van der Waals surface area contributed by atoms with Crippen LogP contribution in [0.3, 0.4) is 0 Å². The summed E-state index contributed by atoms with van der Waals surface area (Å²) in [7, 11) is -7.12. The molecule has 1 aromatic heterocycles. The fourth-order valence-electron chi connectivity index (χ4n) is 2.71. The molecule has 1 heterocycles. The summed E-state index contributed by atoms with van der Waals surface area (Å²) < 4.78 is 52.4. The number of carbonyl (C=O) groups is 1. The summed E-state index contributed by atoms with van der Waals surface area (Å²) in [4.78, 5) is 13.6. The minimum Gasteiger partial charge on any atom is -0.322 e. The van der Waals surface area contributed by atoms with Crippen molar-refractivity contribution in [1.82, 2.24) is 4.72 Å². The first kappa shape index (κ1) is 22.9. The summed E-state index contributed by atoms with van der Waals surface area (Å²) in [5.74, 6) is -0.453. The van der Waals surface area contributed by atoms with E-state index in [4.69, 9.17) is 0 Å². The summed E-state index contributed by atoms with van der Waals surface area (Å²) in [6.45, 7) is 0.281. The highest BCUT2D eigenvalue weighted by Gasteiger charge is 2.15. The number of amides is 1. The Morgan fingerprint density at radius 1 is 0.935 bits per heavy atom. The number of anilines is 2. The van der Waals surface area contributed by atoms with Gasteiger partial charge in [-0.25, -0.2) is 21.6 Å². The second kappa shape index (κ2) is 9.60. The van der Waals surface area contributed by atoms with Crippen LogP contribution in [0.2, 0.25) is 0 Å². The molecule has 0 bridgehead atoms. The molecule has 164 valence electrons. The van der Waals surface area contributed by atoms with Crippen LogP contribution in [-0.2, 0) is 26.5 Å². The molecule has 0 fully saturated rings. The lowest BCUT2D eigenvalue weighted by Gasteiger charge is -2.09. The standard InChI is InChI=1S/C20H21N3O5S3/c1-30(25,26)23-17-5-2-4-16(14-17)22-20(24)15-7-9-19(10-8-15)31(27,28)21-12-11-18-6-3-13-29-18/h2-10,13-14,21,23H,11-12H2,1H3,(H,22,24). The van der Waals surface area contributed by atoms with Crippen molar-refractivity contribution in [2.24, 2.45) is 0 Å². The van der Waals surface area contributed by atoms with Gasteiger partial charge in [0.25, 0.3) is 5.91 Å². The normalized spacial score (nSPS) is 11.8. The monoisotopic (exact) mass is 479 g/mol. The van der Waals surface area contributed by atoms with Crippen molar-refractivity contribution in [3.05, 3.63) is 76.5 Å². The highest BCUT2D eigenvalue weighted by atomic mass is 32.2. The third kappa shape index (κ3) is 6.89. The van der Waals surface area contributed by atoms with Gasteiger partial charge < -0.3 is 5.32 Å². The molecule has 3 rings (SSSR count). The number of thiophene rings is 1. The third-order valence-electron chi connectivity index (χ3n) is 4.09. The van der Waals surface area contributed by atoms with Gasteiger partial charge in [0.05, 0.1) is 16.8 Å². The molecule has 3 aromatic rings. The summed E-state index contributed by atoms with van der Waals surface area (Å²) >= 11 is 1.57. The lowest BCUT2D eigenvalue weighted by molar-refractivity contribution is 0.102. The van der Waals surface area contributed by atoms with E-state index in [2.05, 4.69) is 14.8 Å². The van der Waals surface area contributed by atoms with E-state index >= 15 is 0 Å². The van der Waals surface area contributed by atoms with Crippen LogP contribution in [0.15, 0.2) is 70.9 Å². The van der Waals surface area contributed by atoms with E-state index in [9.17, 15) is 21.6 Å². The predicted octanol–water partition coefficient (Wildman–Crippen LogP) is 2.89. The minimum atomic E-state index is -3.68. The fourth-order valence-corrected chi connectivity index (χ4v) is 5.01. The number of benzene rings is 2. The molecule has 0 aliphatic rings. The van der Waals surface area contributed by atoms with Crippen molar-refractivity contribution < 1.29 is 21.6 Å². The Labute approximate surface area is 185 Å². The third-order valence-corrected chi connectivity index (χ3v) is 7.11. The number of carbonyl (C=O) groups excluding carboxylic acids is 1. The maximum atomic E-state index is 12.5. The molecule has 8 nitrogen and oxygen atoms in total. The van der Waals surface area contributed by atoms with Gasteiger partial charge in [0.15, 0.2) is 0 Å². The molecule has 31 heavy (non-hydrogen) atoms. The van der Waals surface area contributed by atoms with Gasteiger partial charge in [0.2, 0.25) is 20.0 Å². The molecule has 3 N–H and O–H groups in total. The average molecular weight is 480 g/mol. The molecule has 11 heteroatoms. The van der Waals surface area contributed by atoms with Crippen molar-refractivity contribution in [3.63, 3.8) is 0 Å². The van der Waals surface area contributed by atoms with Crippen LogP contribution in [-0.4, -0.2) is 35.5 Å². The highest BCUT2D eigenvalue weighted by molar-refractivity contribution is 7.92. The van der Waals surface area contributed by atoms with Crippen LogP contribution in [0.4, 0.5) is 11.4 Å². The van der Waals surface area contributed by atoms with Crippen LogP contribution < -0.4 is 14.8 Å². The predicted molar refractivity (Wildman–Crippen MR) is 123 cm³/mol. The molecule has 0 saturated heterocycles. The molecule has 0 spiro atoms. The molecular formula is C20H21N3O5S3. The zero-order valence-corrected chi connectivity index (χ0v) is 19.0. The molecule has 0 atom stereocenters. The Balaban J connectivity index is 1.62. The summed E-state index contributed by atoms with van der Waals surface area (Å²) in [6, 6.07) is 15.7. The molecule has 0 aliphatic heterocycles. The minimum absolute atomic E-state index is 0.0644. The zero-order valence-electron chi connectivity index (χ0n) is 16.5. The van der Waals surface area contributed by atoms with Crippen molar-refractivity contribution in [2.75, 3.05) is 22.8 Å². The van der Waals surface area contributed by atoms with E-state index in [1.165, 1.54) is 30.3 Å². The Kier molecular flexibility index (Phi) is 7.11. The molecule has 0 radical (unpaired) electrons. The van der Waals surface area contributed by atoms with Crippen molar-refractivity contribution in [3.8, 4) is 0 Å². The van der Waals surface area contributed by atoms with Gasteiger partial charge in [-0.15, -0.1) is 11.3 Å². The van der Waals surface area contributed by atoms with E-state index in [0.717, 1.165) is 11.1 Å². The van der Waals surface area contributed by atoms with Crippen LogP contribution in [0, 0.1) is 0 Å². The summed E-state index contributed by atoms with van der Waals surface area (Å²) in [5, 5.41) is 4.59. The first-order valence-electron chi connectivity index (χ1n) is 9.14. The van der Waals surface area contributed by atoms with E-state index in [1.807, 2.05) is 17.5 Å². The second-order valence-electron chi connectivity index (χ2n) is 6.66. The molecular weight excluding hydrogens is 458 g/mol. The molecule has 2 aromatic carbocycles. The quantitative estimate of drug-likeness (QED) is 0.436. The van der Waals surface area contributed by atoms with Crippen molar-refractivity contribution in [1.29, 1.82) is 0 Å². The summed E-state index contributed by atoms with van der Waals surface area (Å²) in [6.07, 6.45) is 1.63. The molecule has 0 unspecified atom stereocenters. The summed E-state index contributed by atoms with van der Waals surface area (Å²) in [5.41, 5.74) is 0.972. The molecule has 0 saturated carbocycles. The van der Waals surface area contributed by atoms with Gasteiger partial charge in [-0.1, -0.05) is 12.1 Å². The zero-order chi connectivity index (χ0) is 22.5. The van der Waals surface area contributed by atoms with Gasteiger partial charge in [-0.05, 0) is 60.3 Å². The van der Waals surface area contributed by atoms with Gasteiger partial charge in [-0.3, -0.25) is 9.52 Å². The Hall–Kier alpha value is -2.73. The Morgan fingerprint density at radius 3 is 2.29 bits per heavy atom. The number of hydrogen-bond donors (Lipinski definition) is 3. The molecule has 0 aliphatic carbocycles. The largest absolute Gasteiger partial charge is 0.322 e. The van der Waals surface area contributed by atoms with Crippen LogP contribution in [0.1, 0.15) is 15.2 Å². The first-order chi connectivity index (χ1) is 14.6. The number of rotatable bonds is 9. The Morgan fingerprint density at radius 2 is 1.65 bits per heavy atom. The van der Waals surface area contributed by atoms with Crippen LogP contribution >= 0.6 is 11.3 Å². The number of sulfonamides is 2. The van der Waals surface area contributed by atoms with Gasteiger partial charge in [0.1, 0.15) is 0 Å². The van der Waals surface area contributed by atoms with E-state index < -0.39 is 26.0 Å². The number of hydrogen-bond acceptors (Lipinski definition) is 6. The van der Waals surface area contributed by atoms with Crippen LogP contribution in [0.5, 0.6) is 0 Å². The maximum Gasteiger partial charge on any atom is 0.255 e. The average Bonchev–Trinajstić information content (AvgIpc) is 3.20. The van der Waals surface area contributed by atoms with E-state index in [1.54, 1.807) is 29.5 Å². The smallest absolute Gasteiger partial charge is 0.255 e. The van der Waals surface area contributed by atoms with Gasteiger partial charge in [0, 0.05) is 22.7 Å². The molecule has 1 amide bonds. The van der Waals surface area contributed by atoms with Crippen molar-refractivity contribution >= 4 is 48.7 Å². The maximum absolute atomic E-state index is 12.5. The second-order valence-corrected chi connectivity index (χ2v) is 11.2. The van der Waals surface area contributed by atoms with Crippen LogP contribution in [0.25, 0.3) is 0 Å². The Bertz CT molecular complexity index is 1250. The highest BCUT2D eigenvalue weighted by Crippen LogP contribution is 2.18. The van der Waals surface area contributed by atoms with Gasteiger partial charge >= 0.3 is 0 Å². The lowest BCUT2D eigenvalue weighted by Crippen LogP contribution is -2.26. The topological polar surface area (TPSA) is 121 Å². The first-order valence-corrected chi connectivity index (χ1v) is 13.4. The number of nitrogens with one attached hydrogen (secondary N) is 3.